The summed E-state index contributed by atoms with van der Waals surface area (Å²) in [6.45, 7) is 20.5. The standard InChI is InChI=1S/C16H38O6Si3/c1-17-11-15(21-24(5,6)7)12-19-16(13-18-15,22-25(8,9)10)14-20-23(2,3)4/h11-14H2,1-10H3. The maximum atomic E-state index is 6.37. The molecule has 1 aliphatic rings. The summed E-state index contributed by atoms with van der Waals surface area (Å²) in [6.07, 6.45) is 0. The van der Waals surface area contributed by atoms with Gasteiger partial charge in [-0.3, -0.25) is 0 Å². The predicted octanol–water partition coefficient (Wildman–Crippen LogP) is 3.63. The molecule has 2 unspecified atom stereocenters. The van der Waals surface area contributed by atoms with Crippen LogP contribution in [0.3, 0.4) is 0 Å². The normalized spacial score (nSPS) is 29.0. The fraction of sp³-hybridized carbons (Fsp3) is 1.00. The summed E-state index contributed by atoms with van der Waals surface area (Å²) < 4.78 is 36.6. The first-order valence-electron chi connectivity index (χ1n) is 8.91. The number of rotatable bonds is 9. The Morgan fingerprint density at radius 1 is 0.680 bits per heavy atom. The Labute approximate surface area is 156 Å². The van der Waals surface area contributed by atoms with Crippen LogP contribution in [0.25, 0.3) is 0 Å². The molecule has 0 amide bonds. The highest BCUT2D eigenvalue weighted by Gasteiger charge is 2.50. The molecule has 0 radical (unpaired) electrons. The molecule has 0 aromatic rings. The molecule has 25 heavy (non-hydrogen) atoms. The van der Waals surface area contributed by atoms with Gasteiger partial charge in [-0.1, -0.05) is 0 Å². The first-order chi connectivity index (χ1) is 11.1. The second-order valence-electron chi connectivity index (χ2n) is 9.66. The minimum Gasteiger partial charge on any atom is -0.412 e. The van der Waals surface area contributed by atoms with Gasteiger partial charge in [-0.25, -0.2) is 0 Å². The molecule has 0 aromatic heterocycles. The number of ether oxygens (including phenoxy) is 3. The molecule has 150 valence electrons. The van der Waals surface area contributed by atoms with Crippen molar-refractivity contribution in [2.75, 3.05) is 33.5 Å². The third-order valence-electron chi connectivity index (χ3n) is 3.18. The summed E-state index contributed by atoms with van der Waals surface area (Å²) in [5.74, 6) is -1.74. The van der Waals surface area contributed by atoms with Crippen molar-refractivity contribution in [2.45, 2.75) is 70.5 Å². The lowest BCUT2D eigenvalue weighted by atomic mass is 10.2. The largest absolute Gasteiger partial charge is 0.412 e. The van der Waals surface area contributed by atoms with E-state index in [1.54, 1.807) is 7.11 Å². The SMILES string of the molecule is COCC1(O[Si](C)(C)C)COC(CO[Si](C)(C)C)(O[Si](C)(C)C)CO1. The summed E-state index contributed by atoms with van der Waals surface area (Å²) in [5.41, 5.74) is 0. The molecule has 0 N–H and O–H groups in total. The summed E-state index contributed by atoms with van der Waals surface area (Å²) in [4.78, 5) is 0. The Balaban J connectivity index is 2.93. The lowest BCUT2D eigenvalue weighted by Gasteiger charge is -2.49. The van der Waals surface area contributed by atoms with Gasteiger partial charge in [-0.2, -0.15) is 0 Å². The Morgan fingerprint density at radius 2 is 1.08 bits per heavy atom. The van der Waals surface area contributed by atoms with Crippen LogP contribution in [-0.4, -0.2) is 70.1 Å². The van der Waals surface area contributed by atoms with Crippen molar-refractivity contribution in [2.24, 2.45) is 0 Å². The molecule has 1 fully saturated rings. The molecule has 9 heteroatoms. The van der Waals surface area contributed by atoms with Gasteiger partial charge in [0.25, 0.3) is 0 Å². The second-order valence-corrected chi connectivity index (χ2v) is 23.0. The van der Waals surface area contributed by atoms with Crippen LogP contribution >= 0.6 is 0 Å². The van der Waals surface area contributed by atoms with E-state index in [0.29, 0.717) is 13.2 Å². The highest BCUT2D eigenvalue weighted by molar-refractivity contribution is 6.70. The van der Waals surface area contributed by atoms with E-state index in [4.69, 9.17) is 27.5 Å². The Morgan fingerprint density at radius 3 is 1.36 bits per heavy atom. The molecular formula is C16H38O6Si3. The Hall–Kier alpha value is 0.411. The van der Waals surface area contributed by atoms with Gasteiger partial charge in [-0.05, 0) is 58.9 Å². The van der Waals surface area contributed by atoms with Crippen molar-refractivity contribution in [3.05, 3.63) is 0 Å². The smallest absolute Gasteiger partial charge is 0.207 e. The van der Waals surface area contributed by atoms with Gasteiger partial charge in [0.05, 0.1) is 6.61 Å². The van der Waals surface area contributed by atoms with E-state index >= 15 is 0 Å². The maximum absolute atomic E-state index is 6.37. The number of methoxy groups -OCH3 is 1. The van der Waals surface area contributed by atoms with Gasteiger partial charge in [0, 0.05) is 7.11 Å². The Bertz CT molecular complexity index is 417. The minimum absolute atomic E-state index is 0.269. The zero-order chi connectivity index (χ0) is 19.6. The molecule has 0 saturated carbocycles. The van der Waals surface area contributed by atoms with E-state index in [-0.39, 0.29) is 13.2 Å². The second kappa shape index (κ2) is 8.19. The molecule has 1 aliphatic heterocycles. The van der Waals surface area contributed by atoms with Crippen molar-refractivity contribution in [1.29, 1.82) is 0 Å². The maximum Gasteiger partial charge on any atom is 0.207 e. The average molecular weight is 411 g/mol. The van der Waals surface area contributed by atoms with Gasteiger partial charge in [-0.15, -0.1) is 0 Å². The molecular weight excluding hydrogens is 372 g/mol. The predicted molar refractivity (Wildman–Crippen MR) is 107 cm³/mol. The first-order valence-corrected chi connectivity index (χ1v) is 19.1. The van der Waals surface area contributed by atoms with E-state index in [2.05, 4.69) is 58.9 Å². The molecule has 1 rings (SSSR count). The fourth-order valence-corrected chi connectivity index (χ4v) is 5.81. The third kappa shape index (κ3) is 8.76. The van der Waals surface area contributed by atoms with Crippen LogP contribution in [0.15, 0.2) is 0 Å². The van der Waals surface area contributed by atoms with Gasteiger partial charge >= 0.3 is 0 Å². The lowest BCUT2D eigenvalue weighted by molar-refractivity contribution is -0.365. The minimum atomic E-state index is -1.86. The molecule has 1 heterocycles. The van der Waals surface area contributed by atoms with Crippen LogP contribution in [0.1, 0.15) is 0 Å². The lowest BCUT2D eigenvalue weighted by Crippen LogP contribution is -2.64. The summed E-state index contributed by atoms with van der Waals surface area (Å²) >= 11 is 0. The molecule has 0 spiro atoms. The first kappa shape index (κ1) is 23.5. The summed E-state index contributed by atoms with van der Waals surface area (Å²) in [7, 11) is -3.75. The molecule has 1 saturated heterocycles. The van der Waals surface area contributed by atoms with Crippen molar-refractivity contribution in [3.63, 3.8) is 0 Å². The summed E-state index contributed by atoms with van der Waals surface area (Å²) in [6, 6.07) is 0. The van der Waals surface area contributed by atoms with Gasteiger partial charge in [0.2, 0.25) is 11.6 Å². The van der Waals surface area contributed by atoms with Crippen LogP contribution in [0, 0.1) is 0 Å². The number of hydrogen-bond donors (Lipinski definition) is 0. The quantitative estimate of drug-likeness (QED) is 0.541. The molecule has 6 nitrogen and oxygen atoms in total. The van der Waals surface area contributed by atoms with Crippen molar-refractivity contribution >= 4 is 25.0 Å². The van der Waals surface area contributed by atoms with E-state index in [0.717, 1.165) is 0 Å². The van der Waals surface area contributed by atoms with Crippen LogP contribution in [0.2, 0.25) is 58.9 Å². The van der Waals surface area contributed by atoms with Crippen LogP contribution in [-0.2, 0) is 27.5 Å². The van der Waals surface area contributed by atoms with Crippen molar-refractivity contribution in [3.8, 4) is 0 Å². The van der Waals surface area contributed by atoms with Crippen molar-refractivity contribution in [1.82, 2.24) is 0 Å². The summed E-state index contributed by atoms with van der Waals surface area (Å²) in [5, 5.41) is 0. The highest BCUT2D eigenvalue weighted by atomic mass is 28.4. The molecule has 2 atom stereocenters. The molecule has 0 aliphatic carbocycles. The molecule has 0 aromatic carbocycles. The zero-order valence-electron chi connectivity index (χ0n) is 17.8. The average Bonchev–Trinajstić information content (AvgIpc) is 2.36. The zero-order valence-corrected chi connectivity index (χ0v) is 20.8. The van der Waals surface area contributed by atoms with E-state index in [9.17, 15) is 0 Å². The van der Waals surface area contributed by atoms with Crippen molar-refractivity contribution < 1.29 is 27.5 Å². The monoisotopic (exact) mass is 410 g/mol. The van der Waals surface area contributed by atoms with Gasteiger partial charge < -0.3 is 27.5 Å². The van der Waals surface area contributed by atoms with E-state index in [1.807, 2.05) is 0 Å². The van der Waals surface area contributed by atoms with E-state index < -0.39 is 36.5 Å². The van der Waals surface area contributed by atoms with Gasteiger partial charge in [0.1, 0.15) is 19.8 Å². The van der Waals surface area contributed by atoms with Crippen LogP contribution in [0.4, 0.5) is 0 Å². The third-order valence-corrected chi connectivity index (χ3v) is 6.16. The highest BCUT2D eigenvalue weighted by Crippen LogP contribution is 2.33. The molecule has 0 bridgehead atoms. The topological polar surface area (TPSA) is 55.4 Å². The van der Waals surface area contributed by atoms with E-state index in [1.165, 1.54) is 0 Å². The van der Waals surface area contributed by atoms with Crippen LogP contribution < -0.4 is 0 Å². The van der Waals surface area contributed by atoms with Crippen LogP contribution in [0.5, 0.6) is 0 Å². The fourth-order valence-electron chi connectivity index (χ4n) is 2.57. The number of hydrogen-bond acceptors (Lipinski definition) is 6. The van der Waals surface area contributed by atoms with Gasteiger partial charge in [0.15, 0.2) is 25.0 Å². The Kier molecular flexibility index (Phi) is 7.68.